The van der Waals surface area contributed by atoms with Crippen molar-refractivity contribution in [3.63, 3.8) is 0 Å². The number of carbonyl (C=O) groups is 1. The zero-order valence-corrected chi connectivity index (χ0v) is 17.1. The van der Waals surface area contributed by atoms with E-state index in [4.69, 9.17) is 9.47 Å². The van der Waals surface area contributed by atoms with E-state index in [2.05, 4.69) is 41.5 Å². The van der Waals surface area contributed by atoms with Crippen LogP contribution in [0.5, 0.6) is 11.5 Å². The summed E-state index contributed by atoms with van der Waals surface area (Å²) < 4.78 is 11.0. The summed E-state index contributed by atoms with van der Waals surface area (Å²) >= 11 is 1.62. The Morgan fingerprint density at radius 2 is 1.86 bits per heavy atom. The normalized spacial score (nSPS) is 11.7. The number of ether oxygens (including phenoxy) is 2. The summed E-state index contributed by atoms with van der Waals surface area (Å²) in [6, 6.07) is 15.6. The van der Waals surface area contributed by atoms with E-state index in [1.54, 1.807) is 37.5 Å². The van der Waals surface area contributed by atoms with E-state index >= 15 is 0 Å². The summed E-state index contributed by atoms with van der Waals surface area (Å²) in [6.45, 7) is 4.30. The molecule has 1 atom stereocenters. The highest BCUT2D eigenvalue weighted by molar-refractivity contribution is 7.13. The van der Waals surface area contributed by atoms with E-state index < -0.39 is 6.10 Å². The number of thiazole rings is 1. The van der Waals surface area contributed by atoms with Gasteiger partial charge in [0, 0.05) is 23.9 Å². The second-order valence-electron chi connectivity index (χ2n) is 6.46. The fraction of sp³-hybridized carbons (Fsp3) is 0.273. The van der Waals surface area contributed by atoms with Gasteiger partial charge in [0.2, 0.25) is 0 Å². The fourth-order valence-corrected chi connectivity index (χ4v) is 3.53. The molecule has 1 aromatic heterocycles. The van der Waals surface area contributed by atoms with E-state index in [9.17, 15) is 4.79 Å². The average molecular weight is 397 g/mol. The predicted molar refractivity (Wildman–Crippen MR) is 112 cm³/mol. The van der Waals surface area contributed by atoms with Gasteiger partial charge in [-0.15, -0.1) is 11.3 Å². The van der Waals surface area contributed by atoms with Crippen LogP contribution in [0.25, 0.3) is 10.6 Å². The van der Waals surface area contributed by atoms with E-state index in [1.165, 1.54) is 5.56 Å². The van der Waals surface area contributed by atoms with Crippen molar-refractivity contribution in [2.24, 2.45) is 0 Å². The highest BCUT2D eigenvalue weighted by Crippen LogP contribution is 2.27. The monoisotopic (exact) mass is 396 g/mol. The lowest BCUT2D eigenvalue weighted by Gasteiger charge is -2.16. The van der Waals surface area contributed by atoms with Crippen molar-refractivity contribution >= 4 is 17.2 Å². The molecule has 2 aromatic carbocycles. The highest BCUT2D eigenvalue weighted by Gasteiger charge is 2.16. The van der Waals surface area contributed by atoms with Gasteiger partial charge in [0.15, 0.2) is 17.6 Å². The van der Waals surface area contributed by atoms with Crippen molar-refractivity contribution in [3.05, 3.63) is 65.2 Å². The summed E-state index contributed by atoms with van der Waals surface area (Å²) in [7, 11) is 1.58. The van der Waals surface area contributed by atoms with Gasteiger partial charge < -0.3 is 14.8 Å². The molecule has 28 heavy (non-hydrogen) atoms. The lowest BCUT2D eigenvalue weighted by molar-refractivity contribution is -0.127. The number of amides is 1. The molecule has 0 spiro atoms. The summed E-state index contributed by atoms with van der Waals surface area (Å²) in [4.78, 5) is 17.0. The molecule has 0 aliphatic rings. The third-order valence-corrected chi connectivity index (χ3v) is 5.21. The average Bonchev–Trinajstić information content (AvgIpc) is 3.17. The summed E-state index contributed by atoms with van der Waals surface area (Å²) in [5, 5.41) is 5.94. The number of hydrogen-bond acceptors (Lipinski definition) is 5. The number of aryl methyl sites for hydroxylation is 1. The SMILES string of the molecule is COc1ccccc1O[C@H](C)C(=O)NCCc1csc(-c2ccc(C)cc2)n1. The van der Waals surface area contributed by atoms with Crippen LogP contribution in [0.1, 0.15) is 18.2 Å². The Bertz CT molecular complexity index is 922. The lowest BCUT2D eigenvalue weighted by Crippen LogP contribution is -2.37. The number of benzene rings is 2. The Morgan fingerprint density at radius 3 is 2.57 bits per heavy atom. The first-order valence-electron chi connectivity index (χ1n) is 9.15. The van der Waals surface area contributed by atoms with Crippen LogP contribution in [0.15, 0.2) is 53.9 Å². The molecule has 0 aliphatic heterocycles. The first-order chi connectivity index (χ1) is 13.6. The predicted octanol–water partition coefficient (Wildman–Crippen LogP) is 4.25. The number of aromatic nitrogens is 1. The standard InChI is InChI=1S/C22H24N2O3S/c1-15-8-10-17(11-9-15)22-24-18(14-28-22)12-13-23-21(25)16(2)27-20-7-5-4-6-19(20)26-3/h4-11,14,16H,12-13H2,1-3H3,(H,23,25)/t16-/m1/s1. The number of nitrogens with one attached hydrogen (secondary N) is 1. The number of carbonyl (C=O) groups excluding carboxylic acids is 1. The molecule has 1 heterocycles. The molecule has 5 nitrogen and oxygen atoms in total. The molecule has 0 saturated carbocycles. The molecular formula is C22H24N2O3S. The van der Waals surface area contributed by atoms with Gasteiger partial charge in [-0.1, -0.05) is 42.0 Å². The topological polar surface area (TPSA) is 60.5 Å². The first-order valence-corrected chi connectivity index (χ1v) is 10.0. The fourth-order valence-electron chi connectivity index (χ4n) is 2.67. The summed E-state index contributed by atoms with van der Waals surface area (Å²) in [5.74, 6) is 0.989. The van der Waals surface area contributed by atoms with Crippen molar-refractivity contribution < 1.29 is 14.3 Å². The van der Waals surface area contributed by atoms with Crippen LogP contribution in [0.2, 0.25) is 0 Å². The van der Waals surface area contributed by atoms with Crippen LogP contribution in [-0.4, -0.2) is 30.6 Å². The number of rotatable bonds is 8. The second kappa shape index (κ2) is 9.37. The van der Waals surface area contributed by atoms with Gasteiger partial charge in [-0.3, -0.25) is 4.79 Å². The van der Waals surface area contributed by atoms with Crippen molar-refractivity contribution in [1.29, 1.82) is 0 Å². The maximum atomic E-state index is 12.3. The van der Waals surface area contributed by atoms with Crippen LogP contribution < -0.4 is 14.8 Å². The van der Waals surface area contributed by atoms with Crippen molar-refractivity contribution in [1.82, 2.24) is 10.3 Å². The Balaban J connectivity index is 1.49. The molecule has 0 unspecified atom stereocenters. The van der Waals surface area contributed by atoms with Crippen LogP contribution in [0.3, 0.4) is 0 Å². The van der Waals surface area contributed by atoms with E-state index in [1.807, 2.05) is 17.5 Å². The molecule has 0 aliphatic carbocycles. The molecule has 0 radical (unpaired) electrons. The Labute approximate surface area is 169 Å². The molecule has 0 bridgehead atoms. The molecule has 0 saturated heterocycles. The molecule has 6 heteroatoms. The quantitative estimate of drug-likeness (QED) is 0.618. The van der Waals surface area contributed by atoms with Crippen LogP contribution in [0, 0.1) is 6.92 Å². The van der Waals surface area contributed by atoms with E-state index in [0.717, 1.165) is 16.3 Å². The maximum absolute atomic E-state index is 12.3. The minimum absolute atomic E-state index is 0.167. The van der Waals surface area contributed by atoms with Crippen molar-refractivity contribution in [2.75, 3.05) is 13.7 Å². The Morgan fingerprint density at radius 1 is 1.14 bits per heavy atom. The highest BCUT2D eigenvalue weighted by atomic mass is 32.1. The third kappa shape index (κ3) is 5.10. The molecule has 0 fully saturated rings. The smallest absolute Gasteiger partial charge is 0.260 e. The molecular weight excluding hydrogens is 372 g/mol. The number of methoxy groups -OCH3 is 1. The zero-order valence-electron chi connectivity index (χ0n) is 16.3. The second-order valence-corrected chi connectivity index (χ2v) is 7.32. The van der Waals surface area contributed by atoms with Crippen molar-refractivity contribution in [2.45, 2.75) is 26.4 Å². The molecule has 3 aromatic rings. The number of hydrogen-bond donors (Lipinski definition) is 1. The van der Waals surface area contributed by atoms with Gasteiger partial charge in [-0.2, -0.15) is 0 Å². The van der Waals surface area contributed by atoms with Gasteiger partial charge in [-0.05, 0) is 26.0 Å². The van der Waals surface area contributed by atoms with Gasteiger partial charge >= 0.3 is 0 Å². The first kappa shape index (κ1) is 19.9. The van der Waals surface area contributed by atoms with Gasteiger partial charge in [0.1, 0.15) is 5.01 Å². The Hall–Kier alpha value is -2.86. The van der Waals surface area contributed by atoms with Crippen LogP contribution in [0.4, 0.5) is 0 Å². The summed E-state index contributed by atoms with van der Waals surface area (Å²) in [6.07, 6.45) is 0.0602. The number of nitrogens with zero attached hydrogens (tertiary/aromatic N) is 1. The van der Waals surface area contributed by atoms with Gasteiger partial charge in [0.25, 0.3) is 5.91 Å². The van der Waals surface area contributed by atoms with Crippen LogP contribution >= 0.6 is 11.3 Å². The van der Waals surface area contributed by atoms with Gasteiger partial charge in [-0.25, -0.2) is 4.98 Å². The third-order valence-electron chi connectivity index (χ3n) is 4.27. The van der Waals surface area contributed by atoms with Crippen molar-refractivity contribution in [3.8, 4) is 22.1 Å². The van der Waals surface area contributed by atoms with Gasteiger partial charge in [0.05, 0.1) is 12.8 Å². The van der Waals surface area contributed by atoms with Crippen LogP contribution in [-0.2, 0) is 11.2 Å². The van der Waals surface area contributed by atoms with E-state index in [0.29, 0.717) is 24.5 Å². The molecule has 1 amide bonds. The summed E-state index contributed by atoms with van der Waals surface area (Å²) in [5.41, 5.74) is 3.32. The minimum Gasteiger partial charge on any atom is -0.493 e. The largest absolute Gasteiger partial charge is 0.493 e. The zero-order chi connectivity index (χ0) is 19.9. The maximum Gasteiger partial charge on any atom is 0.260 e. The Kier molecular flexibility index (Phi) is 6.66. The lowest BCUT2D eigenvalue weighted by atomic mass is 10.2. The molecule has 1 N–H and O–H groups in total. The molecule has 3 rings (SSSR count). The molecule has 146 valence electrons. The van der Waals surface area contributed by atoms with E-state index in [-0.39, 0.29) is 5.91 Å². The minimum atomic E-state index is -0.616. The number of para-hydroxylation sites is 2.